The number of carbonyl (C=O) groups excluding carboxylic acids is 3. The van der Waals surface area contributed by atoms with Crippen LogP contribution in [-0.4, -0.2) is 149 Å². The van der Waals surface area contributed by atoms with Gasteiger partial charge in [0.05, 0.1) is 54.3 Å². The average molecular weight is 1040 g/mol. The molecule has 9 heterocycles. The number of hydrazine groups is 1. The molecule has 0 spiro atoms. The summed E-state index contributed by atoms with van der Waals surface area (Å²) in [7, 11) is 1.74. The number of hydrogen-bond donors (Lipinski definition) is 2. The van der Waals surface area contributed by atoms with Crippen molar-refractivity contribution in [1.82, 2.24) is 40.1 Å². The Morgan fingerprint density at radius 2 is 1.72 bits per heavy atom. The number of aromatic nitrogens is 3. The zero-order valence-corrected chi connectivity index (χ0v) is 46.1. The summed E-state index contributed by atoms with van der Waals surface area (Å²) in [5.74, 6) is -0.184. The minimum atomic E-state index is -1.02. The number of carbonyl (C=O) groups is 3. The Morgan fingerprint density at radius 3 is 2.43 bits per heavy atom. The van der Waals surface area contributed by atoms with Crippen molar-refractivity contribution in [3.8, 4) is 22.5 Å². The molecule has 76 heavy (non-hydrogen) atoms. The van der Waals surface area contributed by atoms with E-state index in [0.717, 1.165) is 116 Å². The summed E-state index contributed by atoms with van der Waals surface area (Å²) in [4.78, 5) is 62.0. The lowest BCUT2D eigenvalue weighted by Gasteiger charge is -2.53. The van der Waals surface area contributed by atoms with Crippen molar-refractivity contribution in [2.75, 3.05) is 71.1 Å². The van der Waals surface area contributed by atoms with Gasteiger partial charge < -0.3 is 38.1 Å². The van der Waals surface area contributed by atoms with E-state index in [0.29, 0.717) is 50.6 Å². The second-order valence-electron chi connectivity index (χ2n) is 25.2. The van der Waals surface area contributed by atoms with E-state index in [4.69, 9.17) is 33.3 Å². The first-order valence-corrected chi connectivity index (χ1v) is 28.7. The first kappa shape index (κ1) is 51.8. The summed E-state index contributed by atoms with van der Waals surface area (Å²) in [5.41, 5.74) is 10.2. The van der Waals surface area contributed by atoms with Crippen molar-refractivity contribution >= 4 is 34.4 Å². The van der Waals surface area contributed by atoms with E-state index in [1.807, 2.05) is 6.20 Å². The molecule has 2 amide bonds. The maximum absolute atomic E-state index is 15.3. The lowest BCUT2D eigenvalue weighted by atomic mass is 9.73. The summed E-state index contributed by atoms with van der Waals surface area (Å²) >= 11 is 0. The number of anilines is 1. The van der Waals surface area contributed by atoms with Gasteiger partial charge >= 0.3 is 5.97 Å². The SMILES string of the molecule is CO[C@@H](C)c1ncc(N2CCN(C3CC3)CC2)cc1-c1c2c3cc(ccc3n1CCO[C@H]1CCOC(C)(C)C1)-c1coc(n1)[C@@H](N1CCCC1)[C@H](NC(=O)C1[C@@H](C)[C@H]1C)C(=O)N1N[C@H](C(=O)OCC(C)(C)C2)C2CC1C2. The van der Waals surface area contributed by atoms with Crippen molar-refractivity contribution in [1.29, 1.82) is 0 Å². The molecule has 5 saturated heterocycles. The highest BCUT2D eigenvalue weighted by Crippen LogP contribution is 2.47. The minimum Gasteiger partial charge on any atom is -0.464 e. The second kappa shape index (κ2) is 20.4. The summed E-state index contributed by atoms with van der Waals surface area (Å²) in [6.45, 7) is 22.1. The number of amides is 2. The van der Waals surface area contributed by atoms with Crippen LogP contribution < -0.4 is 15.6 Å². The first-order valence-electron chi connectivity index (χ1n) is 28.7. The van der Waals surface area contributed by atoms with Gasteiger partial charge in [0.1, 0.15) is 30.1 Å². The molecule has 8 fully saturated rings. The van der Waals surface area contributed by atoms with E-state index < -0.39 is 23.5 Å². The molecule has 410 valence electrons. The van der Waals surface area contributed by atoms with E-state index in [-0.39, 0.29) is 71.9 Å². The van der Waals surface area contributed by atoms with Crippen molar-refractivity contribution < 1.29 is 37.7 Å². The van der Waals surface area contributed by atoms with E-state index in [2.05, 4.69) is 103 Å². The molecule has 9 aliphatic rings. The monoisotopic (exact) mass is 1040 g/mol. The maximum atomic E-state index is 15.3. The molecule has 1 unspecified atom stereocenters. The number of nitrogens with one attached hydrogen (secondary N) is 2. The van der Waals surface area contributed by atoms with Crippen molar-refractivity contribution in [3.63, 3.8) is 0 Å². The average Bonchev–Trinajstić information content (AvgIpc) is 4.13. The van der Waals surface area contributed by atoms with E-state index in [9.17, 15) is 9.59 Å². The molecule has 4 aromatic rings. The number of ether oxygens (including phenoxy) is 4. The summed E-state index contributed by atoms with van der Waals surface area (Å²) in [5, 5.41) is 5.94. The normalized spacial score (nSPS) is 31.2. The largest absolute Gasteiger partial charge is 0.464 e. The number of methoxy groups -OCH3 is 1. The fourth-order valence-corrected chi connectivity index (χ4v) is 13.7. The van der Waals surface area contributed by atoms with E-state index >= 15 is 4.79 Å². The summed E-state index contributed by atoms with van der Waals surface area (Å²) < 4.78 is 34.5. The Hall–Kier alpha value is -4.91. The van der Waals surface area contributed by atoms with Crippen LogP contribution in [0.1, 0.15) is 129 Å². The van der Waals surface area contributed by atoms with Gasteiger partial charge in [0, 0.05) is 98.3 Å². The molecule has 13 rings (SSSR count). The Morgan fingerprint density at radius 1 is 0.961 bits per heavy atom. The number of piperazine rings is 1. The zero-order valence-electron chi connectivity index (χ0n) is 46.1. The number of likely N-dealkylation sites (tertiary alicyclic amines) is 1. The highest BCUT2D eigenvalue weighted by atomic mass is 16.5. The first-order chi connectivity index (χ1) is 36.5. The predicted molar refractivity (Wildman–Crippen MR) is 288 cm³/mol. The topological polar surface area (TPSA) is 169 Å². The summed E-state index contributed by atoms with van der Waals surface area (Å²) in [6, 6.07) is 7.05. The number of hydrogen-bond acceptors (Lipinski definition) is 14. The molecule has 6 aliphatic heterocycles. The van der Waals surface area contributed by atoms with Gasteiger partial charge in [-0.05, 0) is 127 Å². The van der Waals surface area contributed by atoms with Crippen LogP contribution in [0.15, 0.2) is 41.1 Å². The number of rotatable bonds is 12. The minimum absolute atomic E-state index is 0.0234. The molecule has 17 heteroatoms. The van der Waals surface area contributed by atoms with Crippen molar-refractivity contribution in [3.05, 3.63) is 53.9 Å². The van der Waals surface area contributed by atoms with Crippen LogP contribution in [0.4, 0.5) is 5.69 Å². The van der Waals surface area contributed by atoms with Crippen molar-refractivity contribution in [2.24, 2.45) is 29.1 Å². The van der Waals surface area contributed by atoms with E-state index in [1.54, 1.807) is 18.4 Å². The highest BCUT2D eigenvalue weighted by molar-refractivity contribution is 5.96. The van der Waals surface area contributed by atoms with Crippen LogP contribution in [0.3, 0.4) is 0 Å². The standard InChI is InChI=1S/C59H81N9O8/c1-34-35(2)48(34)54(69)62-51-53(66-16-9-10-17-66)55-61-46(32-74-55)37-11-14-47-43(27-37)45(30-58(4,5)33-75-57(71)50-38-25-40(26-38)68(63-50)56(51)70)52(67(47)22-24-73-42-15-23-76-59(6,7)29-42)44-28-41(31-60-49(44)36(3)72-8)65-20-18-64(19-21-65)39-12-13-39/h11,14,27-28,31-32,34-36,38-40,42,48,50-51,53,63H,9-10,12-13,15-26,29-30,33H2,1-8H3,(H,62,69)/t34-,35+,36-,38?,40?,42-,48?,50-,51-,53-/m0/s1. The number of fused-ring (bicyclic) bond motifs is 4. The van der Waals surface area contributed by atoms with Gasteiger partial charge in [0.15, 0.2) is 0 Å². The molecule has 3 saturated carbocycles. The number of pyridine rings is 1. The fraction of sp³-hybridized carbons (Fsp3) is 0.678. The molecular formula is C59H81N9O8. The molecule has 0 radical (unpaired) electrons. The van der Waals surface area contributed by atoms with Gasteiger partial charge in [0.25, 0.3) is 5.91 Å². The van der Waals surface area contributed by atoms with Crippen LogP contribution in [0.25, 0.3) is 33.4 Å². The number of esters is 1. The Balaban J connectivity index is 1.01. The van der Waals surface area contributed by atoms with Gasteiger partial charge in [0.2, 0.25) is 11.8 Å². The van der Waals surface area contributed by atoms with Gasteiger partial charge in [-0.15, -0.1) is 0 Å². The third-order valence-corrected chi connectivity index (χ3v) is 18.8. The van der Waals surface area contributed by atoms with E-state index in [1.165, 1.54) is 12.8 Å². The fourth-order valence-electron chi connectivity index (χ4n) is 13.7. The zero-order chi connectivity index (χ0) is 52.8. The molecule has 2 N–H and O–H groups in total. The number of cyclic esters (lactones) is 1. The van der Waals surface area contributed by atoms with Crippen LogP contribution in [0.5, 0.6) is 0 Å². The van der Waals surface area contributed by atoms with Crippen LogP contribution in [0, 0.1) is 29.1 Å². The smallest absolute Gasteiger partial charge is 0.325 e. The summed E-state index contributed by atoms with van der Waals surface area (Å²) in [6.07, 6.45) is 11.5. The van der Waals surface area contributed by atoms with Gasteiger partial charge in [-0.1, -0.05) is 33.8 Å². The Kier molecular flexibility index (Phi) is 13.9. The highest BCUT2D eigenvalue weighted by Gasteiger charge is 2.55. The molecular weight excluding hydrogens is 963 g/mol. The Labute approximate surface area is 448 Å². The van der Waals surface area contributed by atoms with Gasteiger partial charge in [-0.3, -0.25) is 34.2 Å². The molecule has 1 aromatic carbocycles. The predicted octanol–water partition coefficient (Wildman–Crippen LogP) is 7.47. The maximum Gasteiger partial charge on any atom is 0.325 e. The number of benzene rings is 1. The lowest BCUT2D eigenvalue weighted by molar-refractivity contribution is -0.172. The lowest BCUT2D eigenvalue weighted by Crippen LogP contribution is -2.72. The number of oxazole rings is 1. The molecule has 3 aromatic heterocycles. The van der Waals surface area contributed by atoms with Gasteiger partial charge in [-0.25, -0.2) is 10.4 Å². The second-order valence-corrected chi connectivity index (χ2v) is 25.2. The van der Waals surface area contributed by atoms with Crippen LogP contribution >= 0.6 is 0 Å². The molecule has 3 aliphatic carbocycles. The van der Waals surface area contributed by atoms with Gasteiger partial charge in [-0.2, -0.15) is 0 Å². The molecule has 17 nitrogen and oxygen atoms in total. The quantitative estimate of drug-likeness (QED) is 0.134. The van der Waals surface area contributed by atoms with Crippen molar-refractivity contribution in [2.45, 2.75) is 161 Å². The number of nitrogens with zero attached hydrogens (tertiary/aromatic N) is 7. The molecule has 8 bridgehead atoms. The molecule has 8 atom stereocenters. The van der Waals surface area contributed by atoms with Crippen LogP contribution in [-0.2, 0) is 46.3 Å². The third kappa shape index (κ3) is 9.99. The third-order valence-electron chi connectivity index (χ3n) is 18.8. The van der Waals surface area contributed by atoms with Crippen LogP contribution in [0.2, 0.25) is 0 Å². The Bertz CT molecular complexity index is 2810.